The summed E-state index contributed by atoms with van der Waals surface area (Å²) in [4.78, 5) is 10.4. The maximum atomic E-state index is 5.52. The summed E-state index contributed by atoms with van der Waals surface area (Å²) in [5.74, 6) is 0.714. The molecule has 0 amide bonds. The topological polar surface area (TPSA) is 55.0 Å². The molecule has 0 aliphatic carbocycles. The van der Waals surface area contributed by atoms with Gasteiger partial charge in [0.05, 0.1) is 18.1 Å². The number of hydrogen-bond acceptors (Lipinski definition) is 4. The Labute approximate surface area is 85.2 Å². The van der Waals surface area contributed by atoms with Gasteiger partial charge in [0.15, 0.2) is 0 Å². The predicted octanol–water partition coefficient (Wildman–Crippen LogP) is 1.68. The second-order valence-corrected chi connectivity index (χ2v) is 4.04. The molecule has 4 heteroatoms. The first-order valence-electron chi connectivity index (χ1n) is 4.78. The van der Waals surface area contributed by atoms with Crippen LogP contribution in [0.15, 0.2) is 12.4 Å². The van der Waals surface area contributed by atoms with Crippen molar-refractivity contribution < 1.29 is 0 Å². The zero-order valence-electron chi connectivity index (χ0n) is 9.28. The van der Waals surface area contributed by atoms with Gasteiger partial charge in [-0.25, -0.2) is 9.97 Å². The summed E-state index contributed by atoms with van der Waals surface area (Å²) in [6, 6.07) is 0. The van der Waals surface area contributed by atoms with Gasteiger partial charge in [0.25, 0.3) is 0 Å². The third-order valence-corrected chi connectivity index (χ3v) is 2.73. The molecule has 1 aromatic heterocycles. The first-order valence-corrected chi connectivity index (χ1v) is 4.78. The van der Waals surface area contributed by atoms with Gasteiger partial charge in [-0.2, -0.15) is 0 Å². The molecule has 0 radical (unpaired) electrons. The van der Waals surface area contributed by atoms with E-state index in [0.717, 1.165) is 6.42 Å². The lowest BCUT2D eigenvalue weighted by Gasteiger charge is -2.34. The van der Waals surface area contributed by atoms with Crippen molar-refractivity contribution >= 4 is 11.6 Å². The van der Waals surface area contributed by atoms with Crippen LogP contribution in [-0.2, 0) is 0 Å². The van der Waals surface area contributed by atoms with E-state index in [0.29, 0.717) is 11.6 Å². The Morgan fingerprint density at radius 3 is 2.29 bits per heavy atom. The molecule has 1 heterocycles. The molecular weight excluding hydrogens is 176 g/mol. The first kappa shape index (κ1) is 10.8. The lowest BCUT2D eigenvalue weighted by molar-refractivity contribution is 0.463. The molecule has 0 spiro atoms. The summed E-state index contributed by atoms with van der Waals surface area (Å²) >= 11 is 0. The van der Waals surface area contributed by atoms with E-state index in [4.69, 9.17) is 5.73 Å². The normalized spacial score (nSPS) is 11.4. The van der Waals surface area contributed by atoms with Crippen molar-refractivity contribution in [2.45, 2.75) is 32.7 Å². The summed E-state index contributed by atoms with van der Waals surface area (Å²) in [6.07, 6.45) is 4.30. The van der Waals surface area contributed by atoms with E-state index in [2.05, 4.69) is 35.6 Å². The van der Waals surface area contributed by atoms with E-state index in [1.807, 2.05) is 7.05 Å². The highest BCUT2D eigenvalue weighted by Crippen LogP contribution is 2.20. The van der Waals surface area contributed by atoms with Gasteiger partial charge in [-0.05, 0) is 20.3 Å². The van der Waals surface area contributed by atoms with Crippen LogP contribution >= 0.6 is 0 Å². The van der Waals surface area contributed by atoms with E-state index in [1.54, 1.807) is 12.4 Å². The molecule has 0 atom stereocenters. The average Bonchev–Trinajstić information content (AvgIpc) is 2.18. The van der Waals surface area contributed by atoms with Gasteiger partial charge < -0.3 is 10.6 Å². The van der Waals surface area contributed by atoms with Gasteiger partial charge in [-0.1, -0.05) is 6.92 Å². The smallest absolute Gasteiger partial charge is 0.225 e. The highest BCUT2D eigenvalue weighted by molar-refractivity contribution is 5.38. The van der Waals surface area contributed by atoms with Crippen LogP contribution < -0.4 is 10.6 Å². The van der Waals surface area contributed by atoms with Crippen LogP contribution in [0.1, 0.15) is 27.2 Å². The van der Waals surface area contributed by atoms with Gasteiger partial charge >= 0.3 is 0 Å². The zero-order chi connectivity index (χ0) is 10.8. The molecule has 0 saturated heterocycles. The average molecular weight is 194 g/mol. The fourth-order valence-electron chi connectivity index (χ4n) is 1.01. The van der Waals surface area contributed by atoms with Crippen LogP contribution in [-0.4, -0.2) is 22.6 Å². The number of hydrogen-bond donors (Lipinski definition) is 1. The molecular formula is C10H18N4. The Bertz CT molecular complexity index is 291. The third kappa shape index (κ3) is 2.13. The van der Waals surface area contributed by atoms with Crippen LogP contribution in [0.4, 0.5) is 11.6 Å². The fourth-order valence-corrected chi connectivity index (χ4v) is 1.01. The summed E-state index contributed by atoms with van der Waals surface area (Å²) in [5, 5.41) is 0. The molecule has 0 aromatic carbocycles. The maximum Gasteiger partial charge on any atom is 0.225 e. The van der Waals surface area contributed by atoms with Crippen molar-refractivity contribution in [3.63, 3.8) is 0 Å². The summed E-state index contributed by atoms with van der Waals surface area (Å²) in [7, 11) is 2.00. The molecule has 1 aromatic rings. The highest BCUT2D eigenvalue weighted by atomic mass is 15.3. The van der Waals surface area contributed by atoms with E-state index < -0.39 is 0 Å². The number of rotatable bonds is 3. The van der Waals surface area contributed by atoms with E-state index >= 15 is 0 Å². The Morgan fingerprint density at radius 1 is 1.36 bits per heavy atom. The number of nitrogen functional groups attached to an aromatic ring is 1. The monoisotopic (exact) mass is 194 g/mol. The summed E-state index contributed by atoms with van der Waals surface area (Å²) in [6.45, 7) is 6.47. The molecule has 0 aliphatic rings. The Hall–Kier alpha value is -1.32. The van der Waals surface area contributed by atoms with Crippen molar-refractivity contribution in [1.29, 1.82) is 0 Å². The maximum absolute atomic E-state index is 5.52. The number of aromatic nitrogens is 2. The van der Waals surface area contributed by atoms with Crippen LogP contribution in [0.2, 0.25) is 0 Å². The van der Waals surface area contributed by atoms with Crippen molar-refractivity contribution in [3.8, 4) is 0 Å². The van der Waals surface area contributed by atoms with Gasteiger partial charge in [-0.15, -0.1) is 0 Å². The van der Waals surface area contributed by atoms with Gasteiger partial charge in [-0.3, -0.25) is 0 Å². The molecule has 0 fully saturated rings. The number of nitrogens with two attached hydrogens (primary N) is 1. The second-order valence-electron chi connectivity index (χ2n) is 4.04. The quantitative estimate of drug-likeness (QED) is 0.795. The lowest BCUT2D eigenvalue weighted by atomic mass is 10.0. The van der Waals surface area contributed by atoms with Gasteiger partial charge in [0.2, 0.25) is 5.95 Å². The van der Waals surface area contributed by atoms with Crippen molar-refractivity contribution in [1.82, 2.24) is 9.97 Å². The predicted molar refractivity (Wildman–Crippen MR) is 59.2 cm³/mol. The summed E-state index contributed by atoms with van der Waals surface area (Å²) in [5.41, 5.74) is 6.18. The minimum Gasteiger partial charge on any atom is -0.396 e. The molecule has 2 N–H and O–H groups in total. The van der Waals surface area contributed by atoms with Crippen LogP contribution in [0.5, 0.6) is 0 Å². The Balaban J connectivity index is 2.89. The fraction of sp³-hybridized carbons (Fsp3) is 0.600. The second kappa shape index (κ2) is 3.82. The zero-order valence-corrected chi connectivity index (χ0v) is 9.28. The number of nitrogens with zero attached hydrogens (tertiary/aromatic N) is 3. The standard InChI is InChI=1S/C10H18N4/c1-5-10(2,3)14(4)9-12-6-8(11)7-13-9/h6-7H,5,11H2,1-4H3. The van der Waals surface area contributed by atoms with E-state index in [9.17, 15) is 0 Å². The molecule has 78 valence electrons. The SMILES string of the molecule is CCC(C)(C)N(C)c1ncc(N)cn1. The number of anilines is 2. The van der Waals surface area contributed by atoms with Crippen molar-refractivity contribution in [3.05, 3.63) is 12.4 Å². The van der Waals surface area contributed by atoms with E-state index in [-0.39, 0.29) is 5.54 Å². The van der Waals surface area contributed by atoms with Crippen LogP contribution in [0.3, 0.4) is 0 Å². The lowest BCUT2D eigenvalue weighted by Crippen LogP contribution is -2.41. The minimum atomic E-state index is 0.0656. The Morgan fingerprint density at radius 2 is 1.86 bits per heavy atom. The van der Waals surface area contributed by atoms with Crippen LogP contribution in [0.25, 0.3) is 0 Å². The molecule has 14 heavy (non-hydrogen) atoms. The van der Waals surface area contributed by atoms with Gasteiger partial charge in [0.1, 0.15) is 0 Å². The molecule has 0 bridgehead atoms. The molecule has 1 rings (SSSR count). The highest BCUT2D eigenvalue weighted by Gasteiger charge is 2.22. The van der Waals surface area contributed by atoms with E-state index in [1.165, 1.54) is 0 Å². The molecule has 0 saturated carbocycles. The van der Waals surface area contributed by atoms with Crippen LogP contribution in [0, 0.1) is 0 Å². The molecule has 0 unspecified atom stereocenters. The molecule has 4 nitrogen and oxygen atoms in total. The first-order chi connectivity index (χ1) is 6.47. The Kier molecular flexibility index (Phi) is 2.93. The molecule has 0 aliphatic heterocycles. The summed E-state index contributed by atoms with van der Waals surface area (Å²) < 4.78 is 0. The van der Waals surface area contributed by atoms with Crippen molar-refractivity contribution in [2.24, 2.45) is 0 Å². The van der Waals surface area contributed by atoms with Gasteiger partial charge in [0, 0.05) is 12.6 Å². The van der Waals surface area contributed by atoms with Crippen molar-refractivity contribution in [2.75, 3.05) is 17.7 Å². The third-order valence-electron chi connectivity index (χ3n) is 2.73. The minimum absolute atomic E-state index is 0.0656. The largest absolute Gasteiger partial charge is 0.396 e.